The predicted molar refractivity (Wildman–Crippen MR) is 145 cm³/mol. The van der Waals surface area contributed by atoms with Gasteiger partial charge in [0.15, 0.2) is 5.65 Å². The number of carbonyl (C=O) groups is 1. The first-order valence-electron chi connectivity index (χ1n) is 13.1. The van der Waals surface area contributed by atoms with Gasteiger partial charge in [0.25, 0.3) is 6.01 Å². The fraction of sp³-hybridized carbons (Fsp3) is 0.483. The number of rotatable bonds is 7. The van der Waals surface area contributed by atoms with Gasteiger partial charge in [-0.05, 0) is 73.5 Å². The van der Waals surface area contributed by atoms with Gasteiger partial charge >= 0.3 is 5.97 Å². The molecule has 0 saturated heterocycles. The van der Waals surface area contributed by atoms with Crippen molar-refractivity contribution in [2.45, 2.75) is 64.9 Å². The molecular formula is C29H34ClN3O4. The average molecular weight is 524 g/mol. The van der Waals surface area contributed by atoms with E-state index in [4.69, 9.17) is 21.3 Å². The van der Waals surface area contributed by atoms with Gasteiger partial charge in [-0.3, -0.25) is 4.79 Å². The molecule has 196 valence electrons. The van der Waals surface area contributed by atoms with Crippen molar-refractivity contribution < 1.29 is 19.7 Å². The third-order valence-electron chi connectivity index (χ3n) is 8.16. The molecule has 37 heavy (non-hydrogen) atoms. The molecule has 0 bridgehead atoms. The van der Waals surface area contributed by atoms with Crippen molar-refractivity contribution in [3.8, 4) is 17.3 Å². The number of allylic oxidation sites excluding steroid dienone is 2. The fourth-order valence-corrected chi connectivity index (χ4v) is 5.83. The molecule has 2 heterocycles. The molecule has 3 aromatic rings. The average Bonchev–Trinajstić information content (AvgIpc) is 3.29. The zero-order valence-corrected chi connectivity index (χ0v) is 22.1. The number of ether oxygens (including phenoxy) is 1. The first-order chi connectivity index (χ1) is 17.7. The number of nitrogens with zero attached hydrogens (tertiary/aromatic N) is 2. The molecule has 7 nitrogen and oxygen atoms in total. The highest BCUT2D eigenvalue weighted by molar-refractivity contribution is 6.33. The number of pyridine rings is 1. The Morgan fingerprint density at radius 2 is 1.81 bits per heavy atom. The van der Waals surface area contributed by atoms with Crippen molar-refractivity contribution in [3.63, 3.8) is 0 Å². The Hall–Kier alpha value is -2.90. The standard InChI is InChI=1S/C29H34ClN3O4/c1-29(2,16-34)21-11-13-22(14-12-21)37-28-31-24-15-23(30)25(32-26(24)33-28)19-7-3-17(4-8-19)18-5-9-20(10-6-18)27(35)36/h3-5,7-8,15,20-22,34H,6,9-14,16H2,1-2H3,(H,35,36)(H,31,32,33). The summed E-state index contributed by atoms with van der Waals surface area (Å²) in [7, 11) is 0. The van der Waals surface area contributed by atoms with Crippen LogP contribution >= 0.6 is 11.6 Å². The van der Waals surface area contributed by atoms with Crippen molar-refractivity contribution in [2.24, 2.45) is 17.3 Å². The molecule has 2 aliphatic rings. The van der Waals surface area contributed by atoms with Crippen LogP contribution in [0.2, 0.25) is 5.02 Å². The van der Waals surface area contributed by atoms with E-state index in [1.54, 1.807) is 0 Å². The Labute approximate surface area is 221 Å². The van der Waals surface area contributed by atoms with Gasteiger partial charge in [-0.25, -0.2) is 4.98 Å². The zero-order valence-electron chi connectivity index (χ0n) is 21.3. The van der Waals surface area contributed by atoms with E-state index >= 15 is 0 Å². The molecule has 1 unspecified atom stereocenters. The lowest BCUT2D eigenvalue weighted by molar-refractivity contribution is -0.141. The minimum absolute atomic E-state index is 0.0592. The monoisotopic (exact) mass is 523 g/mol. The lowest BCUT2D eigenvalue weighted by atomic mass is 9.71. The highest BCUT2D eigenvalue weighted by Crippen LogP contribution is 2.39. The van der Waals surface area contributed by atoms with Crippen LogP contribution in [0.5, 0.6) is 6.01 Å². The number of aliphatic hydroxyl groups is 1. The number of hydrogen-bond acceptors (Lipinski definition) is 5. The summed E-state index contributed by atoms with van der Waals surface area (Å²) in [6.45, 7) is 4.46. The number of halogens is 1. The molecule has 5 rings (SSSR count). The molecule has 0 radical (unpaired) electrons. The maximum atomic E-state index is 11.2. The summed E-state index contributed by atoms with van der Waals surface area (Å²) in [6.07, 6.45) is 8.06. The van der Waals surface area contributed by atoms with E-state index in [9.17, 15) is 15.0 Å². The number of aliphatic hydroxyl groups excluding tert-OH is 1. The second-order valence-electron chi connectivity index (χ2n) is 11.1. The van der Waals surface area contributed by atoms with E-state index < -0.39 is 5.97 Å². The van der Waals surface area contributed by atoms with E-state index in [-0.39, 0.29) is 24.0 Å². The smallest absolute Gasteiger partial charge is 0.306 e. The van der Waals surface area contributed by atoms with Crippen LogP contribution in [-0.4, -0.2) is 43.8 Å². The summed E-state index contributed by atoms with van der Waals surface area (Å²) < 4.78 is 6.17. The number of imidazole rings is 1. The molecule has 1 fully saturated rings. The third kappa shape index (κ3) is 5.53. The summed E-state index contributed by atoms with van der Waals surface area (Å²) in [5.74, 6) is -0.504. The molecule has 0 spiro atoms. The van der Waals surface area contributed by atoms with E-state index in [1.165, 1.54) is 5.57 Å². The van der Waals surface area contributed by atoms with Gasteiger partial charge in [0.1, 0.15) is 6.10 Å². The summed E-state index contributed by atoms with van der Waals surface area (Å²) in [4.78, 5) is 23.7. The highest BCUT2D eigenvalue weighted by Gasteiger charge is 2.33. The molecule has 0 amide bonds. The van der Waals surface area contributed by atoms with E-state index in [0.29, 0.717) is 41.1 Å². The second-order valence-corrected chi connectivity index (χ2v) is 11.5. The van der Waals surface area contributed by atoms with Gasteiger partial charge in [-0.2, -0.15) is 4.98 Å². The van der Waals surface area contributed by atoms with Crippen LogP contribution in [0.4, 0.5) is 0 Å². The summed E-state index contributed by atoms with van der Waals surface area (Å²) in [5.41, 5.74) is 5.06. The molecule has 2 aliphatic carbocycles. The second kappa shape index (κ2) is 10.5. The highest BCUT2D eigenvalue weighted by atomic mass is 35.5. The summed E-state index contributed by atoms with van der Waals surface area (Å²) in [5, 5.41) is 19.4. The van der Waals surface area contributed by atoms with Crippen molar-refractivity contribution in [1.29, 1.82) is 0 Å². The van der Waals surface area contributed by atoms with Crippen LogP contribution in [0.1, 0.15) is 64.4 Å². The lowest BCUT2D eigenvalue weighted by Crippen LogP contribution is -2.34. The Kier molecular flexibility index (Phi) is 7.28. The van der Waals surface area contributed by atoms with Crippen LogP contribution in [0, 0.1) is 17.3 Å². The number of carboxylic acid groups (broad SMARTS) is 1. The number of aromatic nitrogens is 3. The molecule has 1 aromatic carbocycles. The maximum Gasteiger partial charge on any atom is 0.306 e. The first-order valence-corrected chi connectivity index (χ1v) is 13.5. The number of benzene rings is 1. The number of fused-ring (bicyclic) bond motifs is 1. The van der Waals surface area contributed by atoms with Gasteiger partial charge in [-0.15, -0.1) is 0 Å². The summed E-state index contributed by atoms with van der Waals surface area (Å²) in [6, 6.07) is 10.4. The van der Waals surface area contributed by atoms with Crippen molar-refractivity contribution in [2.75, 3.05) is 6.61 Å². The molecular weight excluding hydrogens is 490 g/mol. The van der Waals surface area contributed by atoms with Crippen LogP contribution in [0.25, 0.3) is 28.0 Å². The normalized spacial score (nSPS) is 22.6. The van der Waals surface area contributed by atoms with Gasteiger partial charge in [0, 0.05) is 12.2 Å². The predicted octanol–water partition coefficient (Wildman–Crippen LogP) is 6.50. The van der Waals surface area contributed by atoms with Crippen LogP contribution in [-0.2, 0) is 4.79 Å². The minimum Gasteiger partial charge on any atom is -0.481 e. The van der Waals surface area contributed by atoms with Gasteiger partial charge in [0.05, 0.1) is 22.2 Å². The van der Waals surface area contributed by atoms with E-state index in [2.05, 4.69) is 23.8 Å². The number of aliphatic carboxylic acids is 1. The number of hydrogen-bond donors (Lipinski definition) is 3. The first kappa shape index (κ1) is 25.7. The Bertz CT molecular complexity index is 1310. The fourth-order valence-electron chi connectivity index (χ4n) is 5.57. The van der Waals surface area contributed by atoms with Crippen LogP contribution in [0.15, 0.2) is 36.4 Å². The lowest BCUT2D eigenvalue weighted by Gasteiger charge is -2.37. The molecule has 2 aromatic heterocycles. The Morgan fingerprint density at radius 1 is 1.11 bits per heavy atom. The Balaban J connectivity index is 1.28. The van der Waals surface area contributed by atoms with Gasteiger partial charge in [-0.1, -0.05) is 55.8 Å². The molecule has 8 heteroatoms. The van der Waals surface area contributed by atoms with Crippen LogP contribution in [0.3, 0.4) is 0 Å². The third-order valence-corrected chi connectivity index (χ3v) is 8.45. The van der Waals surface area contributed by atoms with Crippen molar-refractivity contribution in [1.82, 2.24) is 15.0 Å². The molecule has 0 aliphatic heterocycles. The van der Waals surface area contributed by atoms with Crippen LogP contribution < -0.4 is 4.74 Å². The number of H-pyrrole nitrogens is 1. The van der Waals surface area contributed by atoms with Gasteiger partial charge < -0.3 is 19.9 Å². The molecule has 1 atom stereocenters. The van der Waals surface area contributed by atoms with Crippen molar-refractivity contribution >= 4 is 34.3 Å². The molecule has 3 N–H and O–H groups in total. The maximum absolute atomic E-state index is 11.2. The number of carboxylic acids is 1. The molecule has 1 saturated carbocycles. The quantitative estimate of drug-likeness (QED) is 0.326. The number of nitrogens with one attached hydrogen (secondary N) is 1. The summed E-state index contributed by atoms with van der Waals surface area (Å²) >= 11 is 6.61. The van der Waals surface area contributed by atoms with E-state index in [1.807, 2.05) is 36.4 Å². The van der Waals surface area contributed by atoms with Gasteiger partial charge in [0.2, 0.25) is 0 Å². The number of aromatic amines is 1. The van der Waals surface area contributed by atoms with Crippen molar-refractivity contribution in [3.05, 3.63) is 47.0 Å². The zero-order chi connectivity index (χ0) is 26.2. The Morgan fingerprint density at radius 3 is 2.43 bits per heavy atom. The topological polar surface area (TPSA) is 108 Å². The minimum atomic E-state index is -0.719. The largest absolute Gasteiger partial charge is 0.481 e. The SMILES string of the molecule is CC(C)(CO)C1CCC(Oc2nc3nc(-c4ccc(C5=CCC(C(=O)O)CC5)cc4)c(Cl)cc3[nH]2)CC1. The van der Waals surface area contributed by atoms with E-state index in [0.717, 1.165) is 48.7 Å².